The Morgan fingerprint density at radius 3 is 2.66 bits per heavy atom. The van der Waals surface area contributed by atoms with Gasteiger partial charge in [0.05, 0.1) is 25.3 Å². The molecule has 1 heterocycles. The van der Waals surface area contributed by atoms with Crippen LogP contribution in [0.1, 0.15) is 25.3 Å². The molecule has 1 unspecified atom stereocenters. The molecule has 0 radical (unpaired) electrons. The Bertz CT molecular complexity index is 919. The highest BCUT2D eigenvalue weighted by molar-refractivity contribution is 5.93. The van der Waals surface area contributed by atoms with Crippen LogP contribution in [0.4, 0.5) is 5.69 Å². The first kappa shape index (κ1) is 23.1. The number of amides is 2. The van der Waals surface area contributed by atoms with Crippen molar-refractivity contribution < 1.29 is 23.9 Å². The zero-order valence-electron chi connectivity index (χ0n) is 18.2. The minimum atomic E-state index is -0.869. The Kier molecular flexibility index (Phi) is 8.48. The van der Waals surface area contributed by atoms with Gasteiger partial charge in [-0.1, -0.05) is 49.4 Å². The SMILES string of the molecule is CCCOC(=O)CC1C(=O)NCCN1C(=O)CNc1ccccc1OCc1ccccc1. The van der Waals surface area contributed by atoms with E-state index in [1.54, 1.807) is 0 Å². The van der Waals surface area contributed by atoms with Gasteiger partial charge >= 0.3 is 5.97 Å². The Balaban J connectivity index is 1.60. The van der Waals surface area contributed by atoms with Gasteiger partial charge in [-0.2, -0.15) is 0 Å². The second-order valence-electron chi connectivity index (χ2n) is 7.44. The predicted molar refractivity (Wildman–Crippen MR) is 120 cm³/mol. The fourth-order valence-electron chi connectivity index (χ4n) is 3.40. The number of piperazine rings is 1. The highest BCUT2D eigenvalue weighted by atomic mass is 16.5. The lowest BCUT2D eigenvalue weighted by Crippen LogP contribution is -2.58. The van der Waals surface area contributed by atoms with E-state index in [0.29, 0.717) is 44.2 Å². The van der Waals surface area contributed by atoms with Crippen LogP contribution in [0.2, 0.25) is 0 Å². The van der Waals surface area contributed by atoms with Crippen LogP contribution in [0.5, 0.6) is 5.75 Å². The first-order chi connectivity index (χ1) is 15.6. The number of nitrogens with one attached hydrogen (secondary N) is 2. The first-order valence-corrected chi connectivity index (χ1v) is 10.8. The number of benzene rings is 2. The standard InChI is InChI=1S/C24H29N3O5/c1-2-14-31-23(29)15-20-24(30)25-12-13-27(20)22(28)16-26-19-10-6-7-11-21(19)32-17-18-8-4-3-5-9-18/h3-11,20,26H,2,12-17H2,1H3,(H,25,30). The van der Waals surface area contributed by atoms with Crippen molar-refractivity contribution in [3.63, 3.8) is 0 Å². The van der Waals surface area contributed by atoms with Gasteiger partial charge in [0.15, 0.2) is 0 Å². The topological polar surface area (TPSA) is 97.0 Å². The van der Waals surface area contributed by atoms with Gasteiger partial charge < -0.3 is 25.0 Å². The van der Waals surface area contributed by atoms with E-state index in [2.05, 4.69) is 10.6 Å². The zero-order chi connectivity index (χ0) is 22.8. The summed E-state index contributed by atoms with van der Waals surface area (Å²) in [4.78, 5) is 38.7. The third-order valence-electron chi connectivity index (χ3n) is 5.03. The van der Waals surface area contributed by atoms with E-state index >= 15 is 0 Å². The Morgan fingerprint density at radius 1 is 1.12 bits per heavy atom. The van der Waals surface area contributed by atoms with Gasteiger partial charge in [-0.05, 0) is 24.1 Å². The number of anilines is 1. The minimum Gasteiger partial charge on any atom is -0.487 e. The van der Waals surface area contributed by atoms with Crippen molar-refractivity contribution in [3.05, 3.63) is 60.2 Å². The average Bonchev–Trinajstić information content (AvgIpc) is 2.82. The van der Waals surface area contributed by atoms with Crippen LogP contribution < -0.4 is 15.4 Å². The fourth-order valence-corrected chi connectivity index (χ4v) is 3.40. The second-order valence-corrected chi connectivity index (χ2v) is 7.44. The molecule has 0 aromatic heterocycles. The van der Waals surface area contributed by atoms with Crippen molar-refractivity contribution in [1.82, 2.24) is 10.2 Å². The van der Waals surface area contributed by atoms with Crippen LogP contribution >= 0.6 is 0 Å². The Hall–Kier alpha value is -3.55. The smallest absolute Gasteiger partial charge is 0.308 e. The number of nitrogens with zero attached hydrogens (tertiary/aromatic N) is 1. The van der Waals surface area contributed by atoms with Crippen LogP contribution in [-0.4, -0.2) is 55.0 Å². The number of hydrogen-bond acceptors (Lipinski definition) is 6. The van der Waals surface area contributed by atoms with Gasteiger partial charge in [-0.3, -0.25) is 14.4 Å². The second kappa shape index (κ2) is 11.7. The molecule has 32 heavy (non-hydrogen) atoms. The number of para-hydroxylation sites is 2. The van der Waals surface area contributed by atoms with Crippen molar-refractivity contribution in [2.24, 2.45) is 0 Å². The van der Waals surface area contributed by atoms with E-state index in [1.165, 1.54) is 4.90 Å². The van der Waals surface area contributed by atoms with Crippen molar-refractivity contribution in [2.45, 2.75) is 32.4 Å². The van der Waals surface area contributed by atoms with Gasteiger partial charge in [-0.15, -0.1) is 0 Å². The minimum absolute atomic E-state index is 0.0283. The highest BCUT2D eigenvalue weighted by Crippen LogP contribution is 2.25. The van der Waals surface area contributed by atoms with E-state index in [0.717, 1.165) is 5.56 Å². The third kappa shape index (κ3) is 6.47. The summed E-state index contributed by atoms with van der Waals surface area (Å²) >= 11 is 0. The van der Waals surface area contributed by atoms with Crippen LogP contribution in [0.15, 0.2) is 54.6 Å². The number of hydrogen-bond donors (Lipinski definition) is 2. The summed E-state index contributed by atoms with van der Waals surface area (Å²) in [6.07, 6.45) is 0.537. The largest absolute Gasteiger partial charge is 0.487 e. The van der Waals surface area contributed by atoms with Crippen LogP contribution in [0.25, 0.3) is 0 Å². The van der Waals surface area contributed by atoms with Gasteiger partial charge in [0.1, 0.15) is 18.4 Å². The molecule has 2 N–H and O–H groups in total. The van der Waals surface area contributed by atoms with Gasteiger partial charge in [0.2, 0.25) is 11.8 Å². The number of ether oxygens (including phenoxy) is 2. The molecule has 1 saturated heterocycles. The maximum atomic E-state index is 12.9. The maximum Gasteiger partial charge on any atom is 0.308 e. The summed E-state index contributed by atoms with van der Waals surface area (Å²) in [6.45, 7) is 3.25. The van der Waals surface area contributed by atoms with E-state index < -0.39 is 12.0 Å². The van der Waals surface area contributed by atoms with Crippen molar-refractivity contribution >= 4 is 23.5 Å². The lowest BCUT2D eigenvalue weighted by atomic mass is 10.1. The zero-order valence-corrected chi connectivity index (χ0v) is 18.2. The molecule has 0 bridgehead atoms. The molecule has 2 amide bonds. The van der Waals surface area contributed by atoms with Crippen LogP contribution in [-0.2, 0) is 25.7 Å². The molecule has 170 valence electrons. The third-order valence-corrected chi connectivity index (χ3v) is 5.03. The van der Waals surface area contributed by atoms with E-state index in [9.17, 15) is 14.4 Å². The number of esters is 1. The van der Waals surface area contributed by atoms with Gasteiger partial charge in [0, 0.05) is 13.1 Å². The van der Waals surface area contributed by atoms with Crippen molar-refractivity contribution in [3.8, 4) is 5.75 Å². The van der Waals surface area contributed by atoms with Crippen LogP contribution in [0.3, 0.4) is 0 Å². The molecule has 3 rings (SSSR count). The Labute approximate surface area is 187 Å². The monoisotopic (exact) mass is 439 g/mol. The quantitative estimate of drug-likeness (QED) is 0.552. The molecule has 8 nitrogen and oxygen atoms in total. The van der Waals surface area contributed by atoms with Crippen molar-refractivity contribution in [2.75, 3.05) is 31.6 Å². The summed E-state index contributed by atoms with van der Waals surface area (Å²) in [5, 5.41) is 5.82. The van der Waals surface area contributed by atoms with Crippen molar-refractivity contribution in [1.29, 1.82) is 0 Å². The normalized spacial score (nSPS) is 15.6. The van der Waals surface area contributed by atoms with E-state index in [1.807, 2.05) is 61.5 Å². The molecule has 1 fully saturated rings. The molecule has 1 aliphatic rings. The lowest BCUT2D eigenvalue weighted by molar-refractivity contribution is -0.151. The summed E-state index contributed by atoms with van der Waals surface area (Å²) in [5.41, 5.74) is 1.72. The number of carbonyl (C=O) groups excluding carboxylic acids is 3. The Morgan fingerprint density at radius 2 is 1.88 bits per heavy atom. The van der Waals surface area contributed by atoms with Gasteiger partial charge in [0.25, 0.3) is 0 Å². The number of rotatable bonds is 10. The van der Waals surface area contributed by atoms with Crippen LogP contribution in [0, 0.1) is 0 Å². The molecule has 2 aromatic rings. The average molecular weight is 440 g/mol. The summed E-state index contributed by atoms with van der Waals surface area (Å²) in [7, 11) is 0. The molecule has 2 aromatic carbocycles. The molecule has 1 atom stereocenters. The highest BCUT2D eigenvalue weighted by Gasteiger charge is 2.35. The molecule has 0 saturated carbocycles. The van der Waals surface area contributed by atoms with Gasteiger partial charge in [-0.25, -0.2) is 0 Å². The first-order valence-electron chi connectivity index (χ1n) is 10.8. The fraction of sp³-hybridized carbons (Fsp3) is 0.375. The summed E-state index contributed by atoms with van der Waals surface area (Å²) in [5.74, 6) is -0.477. The molecule has 0 spiro atoms. The molecular formula is C24H29N3O5. The summed E-state index contributed by atoms with van der Waals surface area (Å²) < 4.78 is 11.0. The van der Waals surface area contributed by atoms with E-state index in [4.69, 9.17) is 9.47 Å². The molecule has 0 aliphatic carbocycles. The predicted octanol–water partition coefficient (Wildman–Crippen LogP) is 2.35. The lowest BCUT2D eigenvalue weighted by Gasteiger charge is -2.34. The maximum absolute atomic E-state index is 12.9. The summed E-state index contributed by atoms with van der Waals surface area (Å²) in [6, 6.07) is 16.3. The van der Waals surface area contributed by atoms with E-state index in [-0.39, 0.29) is 24.8 Å². The number of carbonyl (C=O) groups is 3. The molecular weight excluding hydrogens is 410 g/mol. The molecule has 1 aliphatic heterocycles. The molecule has 8 heteroatoms.